The summed E-state index contributed by atoms with van der Waals surface area (Å²) in [6.07, 6.45) is 41.0. The Labute approximate surface area is 322 Å². The molecule has 0 aliphatic carbocycles. The molecule has 0 spiro atoms. The number of allylic oxidation sites excluding steroid dienone is 3. The topological polar surface area (TPSA) is 105 Å². The summed E-state index contributed by atoms with van der Waals surface area (Å²) in [5, 5.41) is 13.8. The molecule has 0 heterocycles. The van der Waals surface area contributed by atoms with Gasteiger partial charge in [-0.25, -0.2) is 4.57 Å². The Kier molecular flexibility index (Phi) is 35.0. The maximum atomic E-state index is 12.8. The van der Waals surface area contributed by atoms with E-state index >= 15 is 0 Å². The Bertz CT molecular complexity index is 907. The van der Waals surface area contributed by atoms with Crippen LogP contribution in [0, 0.1) is 0 Å². The van der Waals surface area contributed by atoms with Crippen LogP contribution < -0.4 is 5.32 Å². The minimum atomic E-state index is -4.34. The van der Waals surface area contributed by atoms with Crippen molar-refractivity contribution < 1.29 is 32.9 Å². The number of amides is 1. The molecule has 0 aliphatic rings. The summed E-state index contributed by atoms with van der Waals surface area (Å²) in [5.74, 6) is -0.186. The van der Waals surface area contributed by atoms with Gasteiger partial charge in [0.1, 0.15) is 13.2 Å². The third-order valence-electron chi connectivity index (χ3n) is 9.67. The predicted molar refractivity (Wildman–Crippen MR) is 221 cm³/mol. The quantitative estimate of drug-likeness (QED) is 0.0250. The summed E-state index contributed by atoms with van der Waals surface area (Å²) in [6.45, 7) is 4.78. The fourth-order valence-corrected chi connectivity index (χ4v) is 6.91. The molecule has 0 fully saturated rings. The molecule has 1 amide bonds. The molecule has 9 heteroatoms. The first-order valence-corrected chi connectivity index (χ1v) is 23.2. The summed E-state index contributed by atoms with van der Waals surface area (Å²) >= 11 is 0. The summed E-state index contributed by atoms with van der Waals surface area (Å²) in [6, 6.07) is -0.856. The lowest BCUT2D eigenvalue weighted by Gasteiger charge is -2.25. The first-order valence-electron chi connectivity index (χ1n) is 21.7. The van der Waals surface area contributed by atoms with Crippen LogP contribution in [0.3, 0.4) is 0 Å². The van der Waals surface area contributed by atoms with E-state index in [0.29, 0.717) is 17.4 Å². The maximum Gasteiger partial charge on any atom is 0.472 e. The Balaban J connectivity index is 4.40. The molecule has 0 saturated heterocycles. The average Bonchev–Trinajstić information content (AvgIpc) is 3.09. The molecule has 308 valence electrons. The summed E-state index contributed by atoms with van der Waals surface area (Å²) in [5.41, 5.74) is 0. The first kappa shape index (κ1) is 51.0. The zero-order valence-corrected chi connectivity index (χ0v) is 35.7. The molecule has 3 atom stereocenters. The lowest BCUT2D eigenvalue weighted by Crippen LogP contribution is -2.45. The number of nitrogens with zero attached hydrogens (tertiary/aromatic N) is 1. The molecule has 8 nitrogen and oxygen atoms in total. The fourth-order valence-electron chi connectivity index (χ4n) is 6.17. The highest BCUT2D eigenvalue weighted by Crippen LogP contribution is 2.43. The second kappa shape index (κ2) is 35.7. The predicted octanol–water partition coefficient (Wildman–Crippen LogP) is 11.7. The van der Waals surface area contributed by atoms with Crippen molar-refractivity contribution in [3.8, 4) is 0 Å². The van der Waals surface area contributed by atoms with Gasteiger partial charge in [-0.15, -0.1) is 0 Å². The number of phosphoric ester groups is 1. The molecule has 3 N–H and O–H groups in total. The molecule has 0 aliphatic heterocycles. The molecule has 0 rings (SSSR count). The number of likely N-dealkylation sites (N-methyl/N-ethyl adjacent to an activating group) is 1. The maximum absolute atomic E-state index is 12.8. The number of aliphatic hydroxyl groups is 1. The largest absolute Gasteiger partial charge is 0.472 e. The van der Waals surface area contributed by atoms with Crippen molar-refractivity contribution in [1.29, 1.82) is 0 Å². The van der Waals surface area contributed by atoms with Crippen LogP contribution >= 0.6 is 7.82 Å². The smallest absolute Gasteiger partial charge is 0.387 e. The number of unbranched alkanes of at least 4 members (excludes halogenated alkanes) is 24. The lowest BCUT2D eigenvalue weighted by molar-refractivity contribution is -0.870. The van der Waals surface area contributed by atoms with Crippen LogP contribution in [0.25, 0.3) is 0 Å². The van der Waals surface area contributed by atoms with E-state index in [1.807, 2.05) is 27.2 Å². The van der Waals surface area contributed by atoms with Gasteiger partial charge < -0.3 is 19.8 Å². The van der Waals surface area contributed by atoms with Crippen molar-refractivity contribution in [1.82, 2.24) is 5.32 Å². The van der Waals surface area contributed by atoms with Crippen LogP contribution in [-0.2, 0) is 18.4 Å². The second-order valence-electron chi connectivity index (χ2n) is 16.1. The highest BCUT2D eigenvalue weighted by molar-refractivity contribution is 7.47. The van der Waals surface area contributed by atoms with Crippen molar-refractivity contribution in [3.05, 3.63) is 24.3 Å². The van der Waals surface area contributed by atoms with E-state index in [-0.39, 0.29) is 19.1 Å². The highest BCUT2D eigenvalue weighted by atomic mass is 31.2. The molecule has 3 unspecified atom stereocenters. The van der Waals surface area contributed by atoms with Crippen LogP contribution in [0.15, 0.2) is 24.3 Å². The highest BCUT2D eigenvalue weighted by Gasteiger charge is 2.27. The standard InChI is InChI=1S/C43H85N2O6P/c1-6-8-10-12-14-16-18-20-21-22-23-24-25-27-29-31-33-35-37-43(47)44-41(40-51-52(48,49)50-39-38-45(3,4)5)42(46)36-34-32-30-28-26-19-17-15-13-11-9-7-2/h26,28,34,36,41-42,46H,6-25,27,29-33,35,37-40H2,1-5H3,(H-,44,47,48,49)/p+1/b28-26+,36-34+. The van der Waals surface area contributed by atoms with Gasteiger partial charge in [-0.1, -0.05) is 179 Å². The van der Waals surface area contributed by atoms with E-state index < -0.39 is 20.0 Å². The first-order chi connectivity index (χ1) is 25.0. The number of rotatable bonds is 39. The Morgan fingerprint density at radius 2 is 1.06 bits per heavy atom. The number of hydrogen-bond donors (Lipinski definition) is 3. The van der Waals surface area contributed by atoms with Gasteiger partial charge in [0.15, 0.2) is 0 Å². The van der Waals surface area contributed by atoms with E-state index in [1.54, 1.807) is 6.08 Å². The molecular formula is C43H86N2O6P+. The van der Waals surface area contributed by atoms with Gasteiger partial charge in [0, 0.05) is 6.42 Å². The number of carbonyl (C=O) groups is 1. The van der Waals surface area contributed by atoms with E-state index in [2.05, 4.69) is 31.3 Å². The minimum absolute atomic E-state index is 0.0580. The minimum Gasteiger partial charge on any atom is -0.387 e. The number of aliphatic hydroxyl groups excluding tert-OH is 1. The molecule has 0 bridgehead atoms. The van der Waals surface area contributed by atoms with Crippen LogP contribution in [0.4, 0.5) is 0 Å². The summed E-state index contributed by atoms with van der Waals surface area (Å²) < 4.78 is 23.5. The Morgan fingerprint density at radius 1 is 0.635 bits per heavy atom. The normalized spacial score (nSPS) is 14.7. The van der Waals surface area contributed by atoms with Gasteiger partial charge >= 0.3 is 7.82 Å². The van der Waals surface area contributed by atoms with Crippen molar-refractivity contribution in [2.24, 2.45) is 0 Å². The molecule has 0 aromatic carbocycles. The number of phosphoric acid groups is 1. The van der Waals surface area contributed by atoms with Crippen molar-refractivity contribution in [2.75, 3.05) is 40.9 Å². The average molecular weight is 758 g/mol. The summed E-state index contributed by atoms with van der Waals surface area (Å²) in [7, 11) is 1.56. The van der Waals surface area contributed by atoms with Crippen molar-refractivity contribution >= 4 is 13.7 Å². The Hall–Kier alpha value is -1.02. The third-order valence-corrected chi connectivity index (χ3v) is 10.7. The van der Waals surface area contributed by atoms with Crippen LogP contribution in [0.5, 0.6) is 0 Å². The zero-order chi connectivity index (χ0) is 38.6. The van der Waals surface area contributed by atoms with Gasteiger partial charge in [-0.05, 0) is 32.1 Å². The lowest BCUT2D eigenvalue weighted by atomic mass is 10.0. The van der Waals surface area contributed by atoms with Crippen LogP contribution in [-0.4, -0.2) is 73.4 Å². The molecule has 52 heavy (non-hydrogen) atoms. The molecular weight excluding hydrogens is 671 g/mol. The van der Waals surface area contributed by atoms with Crippen LogP contribution in [0.1, 0.15) is 194 Å². The number of nitrogens with one attached hydrogen (secondary N) is 1. The monoisotopic (exact) mass is 758 g/mol. The molecule has 0 aromatic rings. The SMILES string of the molecule is CCCCCCCC/C=C/CC/C=C/C(O)C(COP(=O)(O)OCC[N+](C)(C)C)NC(=O)CCCCCCCCCCCCCCCCCCCC. The number of quaternary nitrogens is 1. The van der Waals surface area contributed by atoms with Crippen LogP contribution in [0.2, 0.25) is 0 Å². The zero-order valence-electron chi connectivity index (χ0n) is 34.8. The summed E-state index contributed by atoms with van der Waals surface area (Å²) in [4.78, 5) is 23.1. The Morgan fingerprint density at radius 3 is 1.54 bits per heavy atom. The van der Waals surface area contributed by atoms with E-state index in [9.17, 15) is 19.4 Å². The van der Waals surface area contributed by atoms with Crippen molar-refractivity contribution in [3.63, 3.8) is 0 Å². The molecule has 0 aromatic heterocycles. The third kappa shape index (κ3) is 37.3. The van der Waals surface area contributed by atoms with Gasteiger partial charge in [0.2, 0.25) is 5.91 Å². The van der Waals surface area contributed by atoms with E-state index in [1.165, 1.54) is 135 Å². The molecule has 0 radical (unpaired) electrons. The van der Waals surface area contributed by atoms with E-state index in [4.69, 9.17) is 9.05 Å². The van der Waals surface area contributed by atoms with Gasteiger partial charge in [-0.2, -0.15) is 0 Å². The fraction of sp³-hybridized carbons (Fsp3) is 0.884. The van der Waals surface area contributed by atoms with Gasteiger partial charge in [-0.3, -0.25) is 13.8 Å². The number of carbonyl (C=O) groups excluding carboxylic acids is 1. The van der Waals surface area contributed by atoms with Gasteiger partial charge in [0.25, 0.3) is 0 Å². The van der Waals surface area contributed by atoms with Crippen molar-refractivity contribution in [2.45, 2.75) is 206 Å². The van der Waals surface area contributed by atoms with E-state index in [0.717, 1.165) is 38.5 Å². The number of hydrogen-bond acceptors (Lipinski definition) is 5. The molecule has 0 saturated carbocycles. The second-order valence-corrected chi connectivity index (χ2v) is 17.5. The van der Waals surface area contributed by atoms with Gasteiger partial charge in [0.05, 0.1) is 39.9 Å².